The molecule has 2 N–H and O–H groups in total. The standard InChI is InChI=1S/C15H34N2O/c1-6-14(5)12-15(7-2,13-16)17(8-3)10-11-18-9-4/h14H,6-13,16H2,1-5H3. The summed E-state index contributed by atoms with van der Waals surface area (Å²) in [7, 11) is 0. The van der Waals surface area contributed by atoms with Gasteiger partial charge in [-0.15, -0.1) is 0 Å². The van der Waals surface area contributed by atoms with E-state index < -0.39 is 0 Å². The van der Waals surface area contributed by atoms with Crippen molar-refractivity contribution in [2.75, 3.05) is 32.8 Å². The normalized spacial score (nSPS) is 16.8. The third kappa shape index (κ3) is 5.25. The number of rotatable bonds is 11. The van der Waals surface area contributed by atoms with Gasteiger partial charge in [-0.25, -0.2) is 0 Å². The first-order chi connectivity index (χ1) is 8.60. The van der Waals surface area contributed by atoms with E-state index in [0.29, 0.717) is 0 Å². The van der Waals surface area contributed by atoms with Crippen molar-refractivity contribution in [3.05, 3.63) is 0 Å². The van der Waals surface area contributed by atoms with Gasteiger partial charge in [0.05, 0.1) is 6.61 Å². The zero-order valence-electron chi connectivity index (χ0n) is 13.2. The maximum Gasteiger partial charge on any atom is 0.0593 e. The van der Waals surface area contributed by atoms with Gasteiger partial charge in [0.15, 0.2) is 0 Å². The monoisotopic (exact) mass is 258 g/mol. The van der Waals surface area contributed by atoms with E-state index in [0.717, 1.165) is 45.2 Å². The van der Waals surface area contributed by atoms with Gasteiger partial charge in [0.1, 0.15) is 0 Å². The molecule has 0 aromatic rings. The highest BCUT2D eigenvalue weighted by Crippen LogP contribution is 2.28. The van der Waals surface area contributed by atoms with E-state index in [-0.39, 0.29) is 5.54 Å². The van der Waals surface area contributed by atoms with Crippen molar-refractivity contribution in [1.29, 1.82) is 0 Å². The predicted molar refractivity (Wildman–Crippen MR) is 79.9 cm³/mol. The predicted octanol–water partition coefficient (Wildman–Crippen LogP) is 2.89. The Morgan fingerprint density at radius 1 is 1.22 bits per heavy atom. The van der Waals surface area contributed by atoms with Gasteiger partial charge in [0.25, 0.3) is 0 Å². The van der Waals surface area contributed by atoms with Gasteiger partial charge >= 0.3 is 0 Å². The average molecular weight is 258 g/mol. The van der Waals surface area contributed by atoms with E-state index >= 15 is 0 Å². The highest BCUT2D eigenvalue weighted by atomic mass is 16.5. The van der Waals surface area contributed by atoms with Crippen LogP contribution in [0, 0.1) is 5.92 Å². The fraction of sp³-hybridized carbons (Fsp3) is 1.00. The first kappa shape index (κ1) is 17.9. The molecule has 18 heavy (non-hydrogen) atoms. The molecular formula is C15H34N2O. The number of hydrogen-bond acceptors (Lipinski definition) is 3. The lowest BCUT2D eigenvalue weighted by Gasteiger charge is -2.44. The van der Waals surface area contributed by atoms with Crippen LogP contribution in [0.4, 0.5) is 0 Å². The fourth-order valence-corrected chi connectivity index (χ4v) is 2.70. The van der Waals surface area contributed by atoms with Crippen LogP contribution in [0.25, 0.3) is 0 Å². The van der Waals surface area contributed by atoms with Crippen LogP contribution < -0.4 is 5.73 Å². The molecule has 0 aromatic carbocycles. The van der Waals surface area contributed by atoms with Crippen LogP contribution in [-0.2, 0) is 4.74 Å². The third-order valence-corrected chi connectivity index (χ3v) is 4.23. The van der Waals surface area contributed by atoms with E-state index in [2.05, 4.69) is 32.6 Å². The Morgan fingerprint density at radius 2 is 1.89 bits per heavy atom. The SMILES string of the molecule is CCOCCN(CC)C(CC)(CN)CC(C)CC. The molecule has 3 heteroatoms. The fourth-order valence-electron chi connectivity index (χ4n) is 2.70. The molecule has 0 radical (unpaired) electrons. The van der Waals surface area contributed by atoms with Crippen LogP contribution in [0.1, 0.15) is 53.9 Å². The van der Waals surface area contributed by atoms with E-state index in [1.54, 1.807) is 0 Å². The first-order valence-corrected chi connectivity index (χ1v) is 7.62. The van der Waals surface area contributed by atoms with Crippen LogP contribution in [0.5, 0.6) is 0 Å². The molecule has 2 unspecified atom stereocenters. The maximum atomic E-state index is 6.12. The van der Waals surface area contributed by atoms with E-state index in [1.807, 2.05) is 6.92 Å². The molecule has 0 aromatic heterocycles. The van der Waals surface area contributed by atoms with Crippen LogP contribution in [-0.4, -0.2) is 43.3 Å². The Morgan fingerprint density at radius 3 is 2.28 bits per heavy atom. The Balaban J connectivity index is 4.67. The summed E-state index contributed by atoms with van der Waals surface area (Å²) in [5.41, 5.74) is 6.27. The van der Waals surface area contributed by atoms with Gasteiger partial charge in [-0.3, -0.25) is 4.90 Å². The molecule has 0 amide bonds. The van der Waals surface area contributed by atoms with Gasteiger partial charge in [-0.2, -0.15) is 0 Å². The van der Waals surface area contributed by atoms with Crippen molar-refractivity contribution >= 4 is 0 Å². The van der Waals surface area contributed by atoms with Gasteiger partial charge in [0, 0.05) is 25.2 Å². The van der Waals surface area contributed by atoms with Gasteiger partial charge in [-0.1, -0.05) is 34.1 Å². The summed E-state index contributed by atoms with van der Waals surface area (Å²) in [4.78, 5) is 2.52. The number of likely N-dealkylation sites (N-methyl/N-ethyl adjacent to an activating group) is 1. The summed E-state index contributed by atoms with van der Waals surface area (Å²) < 4.78 is 5.50. The van der Waals surface area contributed by atoms with Crippen molar-refractivity contribution in [3.8, 4) is 0 Å². The molecular weight excluding hydrogens is 224 g/mol. The molecule has 0 aliphatic rings. The molecule has 3 nitrogen and oxygen atoms in total. The molecule has 0 aliphatic heterocycles. The number of nitrogens with zero attached hydrogens (tertiary/aromatic N) is 1. The van der Waals surface area contributed by atoms with Gasteiger partial charge in [0.2, 0.25) is 0 Å². The summed E-state index contributed by atoms with van der Waals surface area (Å²) in [5, 5.41) is 0. The molecule has 0 fully saturated rings. The molecule has 0 spiro atoms. The second kappa shape index (κ2) is 9.76. The Labute approximate surface area is 114 Å². The van der Waals surface area contributed by atoms with Crippen molar-refractivity contribution in [2.24, 2.45) is 11.7 Å². The largest absolute Gasteiger partial charge is 0.380 e. The third-order valence-electron chi connectivity index (χ3n) is 4.23. The molecule has 0 rings (SSSR count). The van der Waals surface area contributed by atoms with Crippen LogP contribution in [0.2, 0.25) is 0 Å². The molecule has 0 aliphatic carbocycles. The number of nitrogens with two attached hydrogens (primary N) is 1. The number of hydrogen-bond donors (Lipinski definition) is 1. The minimum Gasteiger partial charge on any atom is -0.380 e. The van der Waals surface area contributed by atoms with Gasteiger partial charge in [-0.05, 0) is 32.2 Å². The quantitative estimate of drug-likeness (QED) is 0.579. The van der Waals surface area contributed by atoms with Crippen molar-refractivity contribution in [2.45, 2.75) is 59.4 Å². The molecule has 0 saturated carbocycles. The average Bonchev–Trinajstić information content (AvgIpc) is 2.41. The van der Waals surface area contributed by atoms with E-state index in [1.165, 1.54) is 12.8 Å². The second-order valence-electron chi connectivity index (χ2n) is 5.28. The molecule has 110 valence electrons. The highest BCUT2D eigenvalue weighted by molar-refractivity contribution is 4.91. The zero-order chi connectivity index (χ0) is 14.0. The van der Waals surface area contributed by atoms with Crippen molar-refractivity contribution in [1.82, 2.24) is 4.90 Å². The van der Waals surface area contributed by atoms with E-state index in [9.17, 15) is 0 Å². The summed E-state index contributed by atoms with van der Waals surface area (Å²) in [5.74, 6) is 0.731. The van der Waals surface area contributed by atoms with Crippen LogP contribution in [0.15, 0.2) is 0 Å². The summed E-state index contributed by atoms with van der Waals surface area (Å²) in [6.45, 7) is 15.5. The minimum atomic E-state index is 0.154. The lowest BCUT2D eigenvalue weighted by molar-refractivity contribution is 0.0353. The van der Waals surface area contributed by atoms with Crippen molar-refractivity contribution < 1.29 is 4.74 Å². The lowest BCUT2D eigenvalue weighted by atomic mass is 9.83. The van der Waals surface area contributed by atoms with Crippen molar-refractivity contribution in [3.63, 3.8) is 0 Å². The Hall–Kier alpha value is -0.120. The summed E-state index contributed by atoms with van der Waals surface area (Å²) in [6, 6.07) is 0. The highest BCUT2D eigenvalue weighted by Gasteiger charge is 2.33. The Kier molecular flexibility index (Phi) is 9.70. The second-order valence-corrected chi connectivity index (χ2v) is 5.28. The number of ether oxygens (including phenoxy) is 1. The molecule has 0 saturated heterocycles. The summed E-state index contributed by atoms with van der Waals surface area (Å²) >= 11 is 0. The lowest BCUT2D eigenvalue weighted by Crippen LogP contribution is -2.55. The smallest absolute Gasteiger partial charge is 0.0593 e. The topological polar surface area (TPSA) is 38.5 Å². The zero-order valence-corrected chi connectivity index (χ0v) is 13.2. The Bertz CT molecular complexity index is 193. The van der Waals surface area contributed by atoms with Crippen LogP contribution >= 0.6 is 0 Å². The summed E-state index contributed by atoms with van der Waals surface area (Å²) in [6.07, 6.45) is 3.54. The molecule has 2 atom stereocenters. The van der Waals surface area contributed by atoms with Crippen LogP contribution in [0.3, 0.4) is 0 Å². The van der Waals surface area contributed by atoms with Gasteiger partial charge < -0.3 is 10.5 Å². The van der Waals surface area contributed by atoms with E-state index in [4.69, 9.17) is 10.5 Å². The molecule has 0 heterocycles. The first-order valence-electron chi connectivity index (χ1n) is 7.62. The minimum absolute atomic E-state index is 0.154. The maximum absolute atomic E-state index is 6.12. The molecule has 0 bridgehead atoms.